The Morgan fingerprint density at radius 1 is 0.900 bits per heavy atom. The van der Waals surface area contributed by atoms with Crippen LogP contribution in [0.5, 0.6) is 0 Å². The summed E-state index contributed by atoms with van der Waals surface area (Å²) in [6, 6.07) is 12.9. The number of hydrogen-bond donors (Lipinski definition) is 0. The van der Waals surface area contributed by atoms with Gasteiger partial charge in [-0.05, 0) is 23.9 Å². The molecule has 0 spiro atoms. The van der Waals surface area contributed by atoms with Crippen molar-refractivity contribution < 1.29 is 0 Å². The predicted octanol–water partition coefficient (Wildman–Crippen LogP) is 2.00. The molecule has 1 heterocycles. The molecule has 3 aromatic rings. The van der Waals surface area contributed by atoms with Crippen LogP contribution >= 0.6 is 0 Å². The number of nitrogens with zero attached hydrogens (tertiary/aromatic N) is 2. The van der Waals surface area contributed by atoms with Gasteiger partial charge < -0.3 is 4.57 Å². The van der Waals surface area contributed by atoms with Crippen molar-refractivity contribution in [3.05, 3.63) is 75.1 Å². The molecule has 0 aliphatic heterocycles. The first kappa shape index (κ1) is 12.4. The van der Waals surface area contributed by atoms with Gasteiger partial charge in [-0.1, -0.05) is 30.3 Å². The van der Waals surface area contributed by atoms with Crippen LogP contribution in [0.2, 0.25) is 0 Å². The molecule has 0 amide bonds. The van der Waals surface area contributed by atoms with Crippen molar-refractivity contribution in [2.45, 2.75) is 6.92 Å². The van der Waals surface area contributed by atoms with Gasteiger partial charge in [-0.3, -0.25) is 4.79 Å². The van der Waals surface area contributed by atoms with Crippen molar-refractivity contribution in [1.29, 1.82) is 0 Å². The summed E-state index contributed by atoms with van der Waals surface area (Å²) >= 11 is 0. The van der Waals surface area contributed by atoms with Gasteiger partial charge in [-0.15, -0.1) is 0 Å². The molecule has 3 rings (SSSR count). The van der Waals surface area contributed by atoms with E-state index in [0.29, 0.717) is 5.69 Å². The maximum absolute atomic E-state index is 12.2. The highest BCUT2D eigenvalue weighted by molar-refractivity contribution is 5.92. The molecule has 0 radical (unpaired) electrons. The molecule has 0 bridgehead atoms. The summed E-state index contributed by atoms with van der Waals surface area (Å²) in [4.78, 5) is 24.3. The minimum atomic E-state index is -0.341. The van der Waals surface area contributed by atoms with Gasteiger partial charge in [0.1, 0.15) is 0 Å². The van der Waals surface area contributed by atoms with Crippen molar-refractivity contribution in [3.8, 4) is 5.69 Å². The molecular formula is C16H14N2O2. The number of benzene rings is 2. The molecule has 0 aliphatic rings. The standard InChI is InChI=1S/C16H14N2O2/c1-11-5-3-7-13-12(11)6-4-8-14(13)18-15(19)9-10-17(2)16(18)20/h3-10H,1-2H3. The molecule has 0 N–H and O–H groups in total. The van der Waals surface area contributed by atoms with Crippen LogP contribution < -0.4 is 11.2 Å². The Kier molecular flexibility index (Phi) is 2.79. The Bertz CT molecular complexity index is 920. The third-order valence-electron chi connectivity index (χ3n) is 3.51. The van der Waals surface area contributed by atoms with Crippen molar-refractivity contribution in [2.75, 3.05) is 0 Å². The third kappa shape index (κ3) is 1.77. The van der Waals surface area contributed by atoms with Gasteiger partial charge in [0, 0.05) is 24.7 Å². The molecular weight excluding hydrogens is 252 g/mol. The van der Waals surface area contributed by atoms with E-state index in [2.05, 4.69) is 0 Å². The third-order valence-corrected chi connectivity index (χ3v) is 3.51. The molecule has 0 atom stereocenters. The molecule has 0 fully saturated rings. The van der Waals surface area contributed by atoms with E-state index in [1.165, 1.54) is 21.4 Å². The largest absolute Gasteiger partial charge is 0.335 e. The molecule has 20 heavy (non-hydrogen) atoms. The van der Waals surface area contributed by atoms with Gasteiger partial charge in [-0.25, -0.2) is 9.36 Å². The Morgan fingerprint density at radius 2 is 1.60 bits per heavy atom. The molecule has 100 valence electrons. The van der Waals surface area contributed by atoms with Crippen LogP contribution in [-0.2, 0) is 7.05 Å². The van der Waals surface area contributed by atoms with Crippen molar-refractivity contribution in [2.24, 2.45) is 7.05 Å². The SMILES string of the molecule is Cc1cccc2c(-n3c(=O)ccn(C)c3=O)cccc12. The van der Waals surface area contributed by atoms with E-state index in [9.17, 15) is 9.59 Å². The summed E-state index contributed by atoms with van der Waals surface area (Å²) in [6.07, 6.45) is 1.48. The van der Waals surface area contributed by atoms with Crippen LogP contribution in [0.4, 0.5) is 0 Å². The Balaban J connectivity index is 2.49. The Hall–Kier alpha value is -2.62. The lowest BCUT2D eigenvalue weighted by Crippen LogP contribution is -2.36. The zero-order chi connectivity index (χ0) is 14.3. The first-order valence-corrected chi connectivity index (χ1v) is 6.37. The van der Waals surface area contributed by atoms with Crippen LogP contribution in [0.25, 0.3) is 16.5 Å². The van der Waals surface area contributed by atoms with Gasteiger partial charge in [0.05, 0.1) is 5.69 Å². The number of fused-ring (bicyclic) bond motifs is 1. The fraction of sp³-hybridized carbons (Fsp3) is 0.125. The highest BCUT2D eigenvalue weighted by Gasteiger charge is 2.09. The van der Waals surface area contributed by atoms with Crippen molar-refractivity contribution in [1.82, 2.24) is 9.13 Å². The molecule has 1 aromatic heterocycles. The molecule has 0 saturated heterocycles. The van der Waals surface area contributed by atoms with E-state index in [4.69, 9.17) is 0 Å². The van der Waals surface area contributed by atoms with Crippen LogP contribution in [-0.4, -0.2) is 9.13 Å². The lowest BCUT2D eigenvalue weighted by atomic mass is 10.0. The van der Waals surface area contributed by atoms with Crippen molar-refractivity contribution in [3.63, 3.8) is 0 Å². The molecule has 0 aliphatic carbocycles. The topological polar surface area (TPSA) is 44.0 Å². The summed E-state index contributed by atoms with van der Waals surface area (Å²) in [6.45, 7) is 2.01. The summed E-state index contributed by atoms with van der Waals surface area (Å²) in [5, 5.41) is 1.95. The number of rotatable bonds is 1. The minimum Gasteiger partial charge on any atom is -0.303 e. The van der Waals surface area contributed by atoms with Crippen LogP contribution in [0, 0.1) is 6.92 Å². The van der Waals surface area contributed by atoms with Crippen LogP contribution in [0.1, 0.15) is 5.56 Å². The highest BCUT2D eigenvalue weighted by atomic mass is 16.2. The summed E-state index contributed by atoms with van der Waals surface area (Å²) in [5.41, 5.74) is 1.08. The van der Waals surface area contributed by atoms with E-state index >= 15 is 0 Å². The fourth-order valence-corrected chi connectivity index (χ4v) is 2.43. The molecule has 0 saturated carbocycles. The predicted molar refractivity (Wildman–Crippen MR) is 79.5 cm³/mol. The zero-order valence-electron chi connectivity index (χ0n) is 11.3. The quantitative estimate of drug-likeness (QED) is 0.676. The fourth-order valence-electron chi connectivity index (χ4n) is 2.43. The Labute approximate surface area is 115 Å². The summed E-state index contributed by atoms with van der Waals surface area (Å²) in [7, 11) is 1.63. The number of hydrogen-bond acceptors (Lipinski definition) is 2. The van der Waals surface area contributed by atoms with E-state index in [1.54, 1.807) is 13.1 Å². The molecule has 2 aromatic carbocycles. The molecule has 4 heteroatoms. The van der Waals surface area contributed by atoms with Gasteiger partial charge in [0.25, 0.3) is 5.56 Å². The maximum Gasteiger partial charge on any atom is 0.335 e. The van der Waals surface area contributed by atoms with Gasteiger partial charge in [0.2, 0.25) is 0 Å². The molecule has 4 nitrogen and oxygen atoms in total. The van der Waals surface area contributed by atoms with Crippen LogP contribution in [0.15, 0.2) is 58.3 Å². The van der Waals surface area contributed by atoms with E-state index < -0.39 is 0 Å². The van der Waals surface area contributed by atoms with E-state index in [-0.39, 0.29) is 11.2 Å². The first-order chi connectivity index (χ1) is 9.59. The second-order valence-electron chi connectivity index (χ2n) is 4.83. The second kappa shape index (κ2) is 4.49. The van der Waals surface area contributed by atoms with E-state index in [0.717, 1.165) is 16.3 Å². The van der Waals surface area contributed by atoms with Gasteiger partial charge in [0.15, 0.2) is 0 Å². The zero-order valence-corrected chi connectivity index (χ0v) is 11.3. The normalized spacial score (nSPS) is 10.9. The maximum atomic E-state index is 12.2. The monoisotopic (exact) mass is 266 g/mol. The lowest BCUT2D eigenvalue weighted by Gasteiger charge is -2.11. The first-order valence-electron chi connectivity index (χ1n) is 6.37. The average molecular weight is 266 g/mol. The number of aromatic nitrogens is 2. The average Bonchev–Trinajstić information content (AvgIpc) is 2.44. The second-order valence-corrected chi connectivity index (χ2v) is 4.83. The van der Waals surface area contributed by atoms with Gasteiger partial charge in [-0.2, -0.15) is 0 Å². The summed E-state index contributed by atoms with van der Waals surface area (Å²) < 4.78 is 2.61. The molecule has 0 unspecified atom stereocenters. The highest BCUT2D eigenvalue weighted by Crippen LogP contribution is 2.23. The van der Waals surface area contributed by atoms with E-state index in [1.807, 2.05) is 37.3 Å². The van der Waals surface area contributed by atoms with Crippen LogP contribution in [0.3, 0.4) is 0 Å². The Morgan fingerprint density at radius 3 is 2.40 bits per heavy atom. The number of aryl methyl sites for hydroxylation is 2. The van der Waals surface area contributed by atoms with Crippen molar-refractivity contribution >= 4 is 10.8 Å². The smallest absolute Gasteiger partial charge is 0.303 e. The minimum absolute atomic E-state index is 0.317. The van der Waals surface area contributed by atoms with Gasteiger partial charge >= 0.3 is 5.69 Å². The summed E-state index contributed by atoms with van der Waals surface area (Å²) in [5.74, 6) is 0. The lowest BCUT2D eigenvalue weighted by molar-refractivity contribution is 0.741.